The van der Waals surface area contributed by atoms with Crippen molar-refractivity contribution in [2.75, 3.05) is 19.5 Å². The smallest absolute Gasteiger partial charge is 0.248 e. The largest absolute Gasteiger partial charge is 0.493 e. The van der Waals surface area contributed by atoms with Gasteiger partial charge in [-0.3, -0.25) is 4.79 Å². The first-order chi connectivity index (χ1) is 16.5. The Morgan fingerprint density at radius 1 is 0.941 bits per heavy atom. The van der Waals surface area contributed by atoms with E-state index in [1.165, 1.54) is 6.08 Å². The van der Waals surface area contributed by atoms with Crippen LogP contribution in [0, 0.1) is 6.92 Å². The van der Waals surface area contributed by atoms with Gasteiger partial charge in [-0.2, -0.15) is 5.10 Å². The van der Waals surface area contributed by atoms with Gasteiger partial charge in [-0.25, -0.2) is 4.68 Å². The molecule has 0 aliphatic carbocycles. The molecule has 1 amide bonds. The van der Waals surface area contributed by atoms with Crippen molar-refractivity contribution in [2.24, 2.45) is 0 Å². The second-order valence-electron chi connectivity index (χ2n) is 7.19. The first-order valence-electron chi connectivity index (χ1n) is 10.4. The van der Waals surface area contributed by atoms with Crippen molar-refractivity contribution in [3.05, 3.63) is 84.2 Å². The maximum Gasteiger partial charge on any atom is 0.248 e. The Balaban J connectivity index is 1.33. The highest BCUT2D eigenvalue weighted by Gasteiger charge is 2.06. The average Bonchev–Trinajstić information content (AvgIpc) is 3.30. The van der Waals surface area contributed by atoms with Crippen molar-refractivity contribution in [3.63, 3.8) is 0 Å². The number of nitrogens with one attached hydrogen (secondary N) is 1. The predicted molar refractivity (Wildman–Crippen MR) is 128 cm³/mol. The van der Waals surface area contributed by atoms with Crippen molar-refractivity contribution in [3.8, 4) is 28.9 Å². The molecule has 0 saturated heterocycles. The fourth-order valence-electron chi connectivity index (χ4n) is 3.07. The van der Waals surface area contributed by atoms with Crippen molar-refractivity contribution < 1.29 is 19.0 Å². The fraction of sp³-hybridized carbons (Fsp3) is 0.120. The number of methoxy groups -OCH3 is 2. The summed E-state index contributed by atoms with van der Waals surface area (Å²) >= 11 is 0. The Bertz CT molecular complexity index is 1300. The third kappa shape index (κ3) is 5.57. The van der Waals surface area contributed by atoms with Gasteiger partial charge in [0.25, 0.3) is 0 Å². The van der Waals surface area contributed by atoms with E-state index in [9.17, 15) is 4.79 Å². The lowest BCUT2D eigenvalue weighted by Crippen LogP contribution is -2.07. The van der Waals surface area contributed by atoms with E-state index in [4.69, 9.17) is 14.2 Å². The zero-order chi connectivity index (χ0) is 23.9. The van der Waals surface area contributed by atoms with Crippen LogP contribution in [0.15, 0.2) is 72.9 Å². The number of hydrogen-bond acceptors (Lipinski definition) is 7. The Morgan fingerprint density at radius 2 is 1.74 bits per heavy atom. The normalized spacial score (nSPS) is 10.8. The topological polar surface area (TPSA) is 100 Å². The highest BCUT2D eigenvalue weighted by atomic mass is 16.5. The number of carbonyl (C=O) groups is 1. The number of rotatable bonds is 8. The number of aromatic nitrogens is 4. The number of ether oxygens (including phenoxy) is 3. The quantitative estimate of drug-likeness (QED) is 0.391. The molecule has 0 radical (unpaired) electrons. The Kier molecular flexibility index (Phi) is 6.83. The molecule has 172 valence electrons. The van der Waals surface area contributed by atoms with Gasteiger partial charge in [-0.05, 0) is 67.1 Å². The SMILES string of the molecule is COc1ccc(/C=C/C(=O)Nc2ccc(Oc3ccc(-n4ccc(C)n4)nn3)cc2)cc1OC. The molecular formula is C25H23N5O4. The number of nitrogens with zero attached hydrogens (tertiary/aromatic N) is 4. The molecule has 9 nitrogen and oxygen atoms in total. The van der Waals surface area contributed by atoms with Crippen molar-refractivity contribution in [1.29, 1.82) is 0 Å². The molecule has 34 heavy (non-hydrogen) atoms. The number of anilines is 1. The monoisotopic (exact) mass is 457 g/mol. The Hall–Kier alpha value is -4.66. The van der Waals surface area contributed by atoms with Gasteiger partial charge in [-0.1, -0.05) is 6.07 Å². The molecule has 4 aromatic rings. The molecule has 2 heterocycles. The molecule has 0 unspecified atom stereocenters. The van der Waals surface area contributed by atoms with Crippen LogP contribution in [0.2, 0.25) is 0 Å². The predicted octanol–water partition coefficient (Wildman–Crippen LogP) is 4.43. The summed E-state index contributed by atoms with van der Waals surface area (Å²) in [5.74, 6) is 2.47. The molecule has 9 heteroatoms. The van der Waals surface area contributed by atoms with Crippen LogP contribution >= 0.6 is 0 Å². The van der Waals surface area contributed by atoms with Crippen LogP contribution in [-0.4, -0.2) is 40.1 Å². The second kappa shape index (κ2) is 10.3. The summed E-state index contributed by atoms with van der Waals surface area (Å²) < 4.78 is 17.9. The van der Waals surface area contributed by atoms with E-state index >= 15 is 0 Å². The molecule has 0 bridgehead atoms. The molecule has 2 aromatic carbocycles. The van der Waals surface area contributed by atoms with Gasteiger partial charge in [0.1, 0.15) is 5.75 Å². The van der Waals surface area contributed by atoms with E-state index in [0.717, 1.165) is 11.3 Å². The maximum absolute atomic E-state index is 12.3. The summed E-state index contributed by atoms with van der Waals surface area (Å²) in [6, 6.07) is 17.7. The lowest BCUT2D eigenvalue weighted by atomic mass is 10.2. The van der Waals surface area contributed by atoms with Gasteiger partial charge in [0.15, 0.2) is 17.3 Å². The van der Waals surface area contributed by atoms with Gasteiger partial charge in [-0.15, -0.1) is 10.2 Å². The maximum atomic E-state index is 12.3. The zero-order valence-electron chi connectivity index (χ0n) is 18.9. The van der Waals surface area contributed by atoms with Crippen LogP contribution in [-0.2, 0) is 4.79 Å². The van der Waals surface area contributed by atoms with E-state index in [1.54, 1.807) is 73.5 Å². The summed E-state index contributed by atoms with van der Waals surface area (Å²) in [5.41, 5.74) is 2.34. The van der Waals surface area contributed by atoms with Gasteiger partial charge < -0.3 is 19.5 Å². The molecule has 0 fully saturated rings. The Morgan fingerprint density at radius 3 is 2.38 bits per heavy atom. The molecule has 1 N–H and O–H groups in total. The zero-order valence-corrected chi connectivity index (χ0v) is 18.9. The van der Waals surface area contributed by atoms with E-state index in [0.29, 0.717) is 34.6 Å². The molecule has 0 spiro atoms. The highest BCUT2D eigenvalue weighted by molar-refractivity contribution is 6.02. The summed E-state index contributed by atoms with van der Waals surface area (Å²) in [5, 5.41) is 15.3. The minimum atomic E-state index is -0.265. The van der Waals surface area contributed by atoms with Crippen molar-refractivity contribution in [1.82, 2.24) is 20.0 Å². The van der Waals surface area contributed by atoms with Crippen LogP contribution in [0.25, 0.3) is 11.9 Å². The first-order valence-corrected chi connectivity index (χ1v) is 10.4. The third-order valence-corrected chi connectivity index (χ3v) is 4.76. The van der Waals surface area contributed by atoms with Crippen molar-refractivity contribution in [2.45, 2.75) is 6.92 Å². The summed E-state index contributed by atoms with van der Waals surface area (Å²) in [7, 11) is 3.14. The summed E-state index contributed by atoms with van der Waals surface area (Å²) in [6.45, 7) is 1.90. The lowest BCUT2D eigenvalue weighted by Gasteiger charge is -2.08. The standard InChI is InChI=1S/C25H23N5O4/c1-17-14-15-30(29-17)23-11-13-25(28-27-23)34-20-8-6-19(7-9-20)26-24(31)12-5-18-4-10-21(32-2)22(16-18)33-3/h4-16H,1-3H3,(H,26,31)/b12-5+. The number of hydrogen-bond donors (Lipinski definition) is 1. The number of carbonyl (C=O) groups excluding carboxylic acids is 1. The van der Waals surface area contributed by atoms with Gasteiger partial charge in [0.2, 0.25) is 11.8 Å². The minimum absolute atomic E-state index is 0.265. The third-order valence-electron chi connectivity index (χ3n) is 4.76. The molecule has 4 rings (SSSR count). The van der Waals surface area contributed by atoms with Crippen LogP contribution in [0.5, 0.6) is 23.1 Å². The summed E-state index contributed by atoms with van der Waals surface area (Å²) in [6.07, 6.45) is 4.96. The highest BCUT2D eigenvalue weighted by Crippen LogP contribution is 2.28. The Labute approximate surface area is 196 Å². The van der Waals surface area contributed by atoms with Crippen molar-refractivity contribution >= 4 is 17.7 Å². The number of benzene rings is 2. The fourth-order valence-corrected chi connectivity index (χ4v) is 3.07. The second-order valence-corrected chi connectivity index (χ2v) is 7.19. The van der Waals surface area contributed by atoms with Gasteiger partial charge in [0, 0.05) is 24.0 Å². The molecular weight excluding hydrogens is 434 g/mol. The molecule has 0 saturated carbocycles. The van der Waals surface area contributed by atoms with Gasteiger partial charge in [0.05, 0.1) is 19.9 Å². The summed E-state index contributed by atoms with van der Waals surface area (Å²) in [4.78, 5) is 12.3. The average molecular weight is 457 g/mol. The molecule has 0 atom stereocenters. The number of amides is 1. The van der Waals surface area contributed by atoms with E-state index in [2.05, 4.69) is 20.6 Å². The molecule has 0 aliphatic heterocycles. The van der Waals surface area contributed by atoms with E-state index < -0.39 is 0 Å². The molecule has 0 aliphatic rings. The first kappa shape index (κ1) is 22.5. The van der Waals surface area contributed by atoms with E-state index in [1.807, 2.05) is 25.3 Å². The lowest BCUT2D eigenvalue weighted by molar-refractivity contribution is -0.111. The van der Waals surface area contributed by atoms with Crippen LogP contribution in [0.3, 0.4) is 0 Å². The molecule has 2 aromatic heterocycles. The minimum Gasteiger partial charge on any atom is -0.493 e. The number of aryl methyl sites for hydroxylation is 1. The van der Waals surface area contributed by atoms with E-state index in [-0.39, 0.29) is 5.91 Å². The van der Waals surface area contributed by atoms with Gasteiger partial charge >= 0.3 is 0 Å². The van der Waals surface area contributed by atoms with Crippen LogP contribution < -0.4 is 19.5 Å². The van der Waals surface area contributed by atoms with Crippen LogP contribution in [0.1, 0.15) is 11.3 Å². The van der Waals surface area contributed by atoms with Crippen LogP contribution in [0.4, 0.5) is 5.69 Å².